The van der Waals surface area contributed by atoms with E-state index in [4.69, 9.17) is 4.74 Å². The van der Waals surface area contributed by atoms with Gasteiger partial charge in [0.2, 0.25) is 5.91 Å². The van der Waals surface area contributed by atoms with Gasteiger partial charge in [0.25, 0.3) is 0 Å². The van der Waals surface area contributed by atoms with Crippen LogP contribution in [0.15, 0.2) is 24.3 Å². The molecular formula is C14H19NO2. The van der Waals surface area contributed by atoms with Crippen LogP contribution in [0.5, 0.6) is 5.75 Å². The number of amides is 1. The van der Waals surface area contributed by atoms with Gasteiger partial charge in [0.1, 0.15) is 5.75 Å². The molecule has 0 saturated carbocycles. The SMILES string of the molecule is COc1cccc([C@@H]2CC(=O)N2C(C)(C)C)c1. The number of ether oxygens (including phenoxy) is 1. The van der Waals surface area contributed by atoms with Crippen molar-refractivity contribution in [2.45, 2.75) is 38.8 Å². The highest BCUT2D eigenvalue weighted by Crippen LogP contribution is 2.40. The fraction of sp³-hybridized carbons (Fsp3) is 0.500. The number of benzene rings is 1. The number of rotatable bonds is 2. The number of β-lactam (4-membered cyclic amide) rings is 1. The van der Waals surface area contributed by atoms with Crippen LogP contribution in [-0.4, -0.2) is 23.5 Å². The van der Waals surface area contributed by atoms with Crippen molar-refractivity contribution in [1.29, 1.82) is 0 Å². The van der Waals surface area contributed by atoms with Crippen molar-refractivity contribution < 1.29 is 9.53 Å². The number of nitrogens with zero attached hydrogens (tertiary/aromatic N) is 1. The molecule has 0 aliphatic carbocycles. The molecule has 1 aliphatic heterocycles. The Bertz CT molecular complexity index is 434. The van der Waals surface area contributed by atoms with E-state index in [9.17, 15) is 4.79 Å². The Morgan fingerprint density at radius 3 is 2.59 bits per heavy atom. The highest BCUT2D eigenvalue weighted by atomic mass is 16.5. The molecule has 1 aromatic carbocycles. The van der Waals surface area contributed by atoms with Crippen molar-refractivity contribution in [3.05, 3.63) is 29.8 Å². The number of hydrogen-bond donors (Lipinski definition) is 0. The summed E-state index contributed by atoms with van der Waals surface area (Å²) in [5.74, 6) is 1.07. The lowest BCUT2D eigenvalue weighted by molar-refractivity contribution is -0.154. The van der Waals surface area contributed by atoms with E-state index < -0.39 is 0 Å². The summed E-state index contributed by atoms with van der Waals surface area (Å²) >= 11 is 0. The molecule has 92 valence electrons. The Kier molecular flexibility index (Phi) is 2.86. The van der Waals surface area contributed by atoms with Crippen molar-refractivity contribution in [3.63, 3.8) is 0 Å². The minimum atomic E-state index is -0.122. The molecule has 0 spiro atoms. The van der Waals surface area contributed by atoms with E-state index in [1.807, 2.05) is 23.1 Å². The molecule has 1 fully saturated rings. The molecule has 0 aromatic heterocycles. The maximum atomic E-state index is 11.7. The molecule has 1 aromatic rings. The summed E-state index contributed by atoms with van der Waals surface area (Å²) in [5.41, 5.74) is 1.03. The molecule has 1 aliphatic rings. The van der Waals surface area contributed by atoms with Crippen LogP contribution in [0.3, 0.4) is 0 Å². The normalized spacial score (nSPS) is 20.1. The summed E-state index contributed by atoms with van der Waals surface area (Å²) in [4.78, 5) is 13.7. The van der Waals surface area contributed by atoms with Crippen LogP contribution in [0.4, 0.5) is 0 Å². The second-order valence-electron chi connectivity index (χ2n) is 5.43. The van der Waals surface area contributed by atoms with Crippen LogP contribution in [-0.2, 0) is 4.79 Å². The van der Waals surface area contributed by atoms with Gasteiger partial charge in [-0.25, -0.2) is 0 Å². The topological polar surface area (TPSA) is 29.5 Å². The lowest BCUT2D eigenvalue weighted by atomic mass is 9.88. The van der Waals surface area contributed by atoms with E-state index in [1.165, 1.54) is 0 Å². The number of hydrogen-bond acceptors (Lipinski definition) is 2. The number of methoxy groups -OCH3 is 1. The fourth-order valence-electron chi connectivity index (χ4n) is 2.37. The average Bonchev–Trinajstić information content (AvgIpc) is 2.23. The van der Waals surface area contributed by atoms with Gasteiger partial charge in [0, 0.05) is 5.54 Å². The Labute approximate surface area is 102 Å². The van der Waals surface area contributed by atoms with Gasteiger partial charge >= 0.3 is 0 Å². The molecule has 1 amide bonds. The highest BCUT2D eigenvalue weighted by Gasteiger charge is 2.43. The lowest BCUT2D eigenvalue weighted by Gasteiger charge is -2.49. The van der Waals surface area contributed by atoms with E-state index >= 15 is 0 Å². The zero-order valence-corrected chi connectivity index (χ0v) is 10.9. The van der Waals surface area contributed by atoms with Crippen LogP contribution in [0, 0.1) is 0 Å². The summed E-state index contributed by atoms with van der Waals surface area (Å²) in [5, 5.41) is 0. The van der Waals surface area contributed by atoms with Gasteiger partial charge in [0.15, 0.2) is 0 Å². The zero-order chi connectivity index (χ0) is 12.6. The summed E-state index contributed by atoms with van der Waals surface area (Å²) in [6.45, 7) is 6.20. The van der Waals surface area contributed by atoms with Gasteiger partial charge in [-0.05, 0) is 38.5 Å². The third-order valence-corrected chi connectivity index (χ3v) is 3.15. The minimum Gasteiger partial charge on any atom is -0.497 e. The fourth-order valence-corrected chi connectivity index (χ4v) is 2.37. The Morgan fingerprint density at radius 2 is 2.06 bits per heavy atom. The molecule has 1 saturated heterocycles. The smallest absolute Gasteiger partial charge is 0.225 e. The third-order valence-electron chi connectivity index (χ3n) is 3.15. The molecule has 0 bridgehead atoms. The average molecular weight is 233 g/mol. The first-order chi connectivity index (χ1) is 7.93. The second kappa shape index (κ2) is 4.06. The highest BCUT2D eigenvalue weighted by molar-refractivity contribution is 5.84. The Balaban J connectivity index is 2.26. The van der Waals surface area contributed by atoms with Crippen LogP contribution in [0.1, 0.15) is 38.8 Å². The van der Waals surface area contributed by atoms with Crippen molar-refractivity contribution in [2.75, 3.05) is 7.11 Å². The number of likely N-dealkylation sites (tertiary alicyclic amines) is 1. The van der Waals surface area contributed by atoms with Crippen molar-refractivity contribution in [1.82, 2.24) is 4.90 Å². The molecule has 0 N–H and O–H groups in total. The predicted octanol–water partition coefficient (Wildman–Crippen LogP) is 2.77. The van der Waals surface area contributed by atoms with Crippen LogP contribution in [0.2, 0.25) is 0 Å². The molecule has 17 heavy (non-hydrogen) atoms. The van der Waals surface area contributed by atoms with Crippen LogP contribution >= 0.6 is 0 Å². The maximum absolute atomic E-state index is 11.7. The first-order valence-corrected chi connectivity index (χ1v) is 5.89. The van der Waals surface area contributed by atoms with Crippen molar-refractivity contribution in [2.24, 2.45) is 0 Å². The quantitative estimate of drug-likeness (QED) is 0.735. The summed E-state index contributed by atoms with van der Waals surface area (Å²) in [6.07, 6.45) is 0.602. The minimum absolute atomic E-state index is 0.122. The molecule has 2 rings (SSSR count). The largest absolute Gasteiger partial charge is 0.497 e. The van der Waals surface area contributed by atoms with Crippen molar-refractivity contribution >= 4 is 5.91 Å². The maximum Gasteiger partial charge on any atom is 0.225 e. The Hall–Kier alpha value is -1.51. The summed E-state index contributed by atoms with van der Waals surface area (Å²) in [7, 11) is 1.66. The molecule has 0 unspecified atom stereocenters. The van der Waals surface area contributed by atoms with E-state index in [1.54, 1.807) is 7.11 Å². The van der Waals surface area contributed by atoms with E-state index in [0.717, 1.165) is 11.3 Å². The number of carbonyl (C=O) groups is 1. The monoisotopic (exact) mass is 233 g/mol. The summed E-state index contributed by atoms with van der Waals surface area (Å²) in [6, 6.07) is 8.15. The standard InChI is InChI=1S/C14H19NO2/c1-14(2,3)15-12(9-13(15)16)10-6-5-7-11(8-10)17-4/h5-8,12H,9H2,1-4H3/t12-/m0/s1. The van der Waals surface area contributed by atoms with Gasteiger partial charge < -0.3 is 9.64 Å². The van der Waals surface area contributed by atoms with Gasteiger partial charge in [-0.2, -0.15) is 0 Å². The predicted molar refractivity (Wildman–Crippen MR) is 67.0 cm³/mol. The third kappa shape index (κ3) is 2.14. The molecule has 3 nitrogen and oxygen atoms in total. The molecular weight excluding hydrogens is 214 g/mol. The van der Waals surface area contributed by atoms with Crippen LogP contribution < -0.4 is 4.74 Å². The van der Waals surface area contributed by atoms with E-state index in [0.29, 0.717) is 6.42 Å². The first-order valence-electron chi connectivity index (χ1n) is 5.89. The van der Waals surface area contributed by atoms with Crippen LogP contribution in [0.25, 0.3) is 0 Å². The van der Waals surface area contributed by atoms with Gasteiger partial charge in [0.05, 0.1) is 19.6 Å². The Morgan fingerprint density at radius 1 is 1.35 bits per heavy atom. The molecule has 1 atom stereocenters. The number of carbonyl (C=O) groups excluding carboxylic acids is 1. The zero-order valence-electron chi connectivity index (χ0n) is 10.9. The molecule has 1 heterocycles. The molecule has 3 heteroatoms. The van der Waals surface area contributed by atoms with Crippen molar-refractivity contribution in [3.8, 4) is 5.75 Å². The first kappa shape index (κ1) is 12.0. The van der Waals surface area contributed by atoms with Gasteiger partial charge in [-0.1, -0.05) is 12.1 Å². The summed E-state index contributed by atoms with van der Waals surface area (Å²) < 4.78 is 5.22. The van der Waals surface area contributed by atoms with Gasteiger partial charge in [-0.15, -0.1) is 0 Å². The van der Waals surface area contributed by atoms with E-state index in [-0.39, 0.29) is 17.5 Å². The van der Waals surface area contributed by atoms with Gasteiger partial charge in [-0.3, -0.25) is 4.79 Å². The molecule has 0 radical (unpaired) electrons. The van der Waals surface area contributed by atoms with E-state index in [2.05, 4.69) is 26.8 Å². The second-order valence-corrected chi connectivity index (χ2v) is 5.43. The lowest BCUT2D eigenvalue weighted by Crippen LogP contribution is -2.56.